The first-order chi connectivity index (χ1) is 8.12. The molecule has 0 saturated heterocycles. The number of rotatable bonds is 5. The van der Waals surface area contributed by atoms with Crippen LogP contribution in [0.5, 0.6) is 0 Å². The summed E-state index contributed by atoms with van der Waals surface area (Å²) >= 11 is 0. The van der Waals surface area contributed by atoms with Gasteiger partial charge in [0.2, 0.25) is 10.0 Å². The van der Waals surface area contributed by atoms with Crippen molar-refractivity contribution >= 4 is 15.7 Å². The molecule has 0 atom stereocenters. The van der Waals surface area contributed by atoms with E-state index in [0.717, 1.165) is 31.5 Å². The van der Waals surface area contributed by atoms with Crippen molar-refractivity contribution in [3.63, 3.8) is 0 Å². The largest absolute Gasteiger partial charge is 0.385 e. The first-order valence-corrected chi connectivity index (χ1v) is 7.46. The van der Waals surface area contributed by atoms with Gasteiger partial charge < -0.3 is 5.32 Å². The Hall–Kier alpha value is -1.07. The monoisotopic (exact) mass is 254 g/mol. The Kier molecular flexibility index (Phi) is 3.69. The van der Waals surface area contributed by atoms with Crippen molar-refractivity contribution in [1.82, 2.24) is 4.72 Å². The fourth-order valence-electron chi connectivity index (χ4n) is 1.77. The molecule has 1 aromatic carbocycles. The first-order valence-electron chi connectivity index (χ1n) is 5.98. The van der Waals surface area contributed by atoms with E-state index in [9.17, 15) is 8.42 Å². The minimum Gasteiger partial charge on any atom is -0.385 e. The molecule has 0 heterocycles. The minimum absolute atomic E-state index is 0.133. The van der Waals surface area contributed by atoms with E-state index in [2.05, 4.69) is 10.0 Å². The maximum absolute atomic E-state index is 12.0. The molecule has 17 heavy (non-hydrogen) atoms. The molecule has 1 aliphatic rings. The van der Waals surface area contributed by atoms with Crippen molar-refractivity contribution in [3.05, 3.63) is 24.3 Å². The lowest BCUT2D eigenvalue weighted by molar-refractivity contribution is 0.383. The van der Waals surface area contributed by atoms with Crippen molar-refractivity contribution in [1.29, 1.82) is 0 Å². The molecule has 1 fully saturated rings. The van der Waals surface area contributed by atoms with Crippen molar-refractivity contribution in [2.75, 3.05) is 11.9 Å². The molecule has 1 aliphatic carbocycles. The Labute approximate surface area is 102 Å². The van der Waals surface area contributed by atoms with Crippen LogP contribution in [-0.2, 0) is 10.0 Å². The van der Waals surface area contributed by atoms with E-state index < -0.39 is 10.0 Å². The second-order valence-electron chi connectivity index (χ2n) is 4.30. The third-order valence-electron chi connectivity index (χ3n) is 2.97. The summed E-state index contributed by atoms with van der Waals surface area (Å²) in [4.78, 5) is 0.339. The maximum atomic E-state index is 12.0. The average molecular weight is 254 g/mol. The quantitative estimate of drug-likeness (QED) is 0.844. The Morgan fingerprint density at radius 3 is 2.35 bits per heavy atom. The number of benzene rings is 1. The molecule has 2 rings (SSSR count). The fraction of sp³-hybridized carbons (Fsp3) is 0.500. The van der Waals surface area contributed by atoms with Crippen LogP contribution < -0.4 is 10.0 Å². The lowest BCUT2D eigenvalue weighted by Crippen LogP contribution is -2.39. The van der Waals surface area contributed by atoms with Crippen molar-refractivity contribution in [2.45, 2.75) is 37.1 Å². The van der Waals surface area contributed by atoms with E-state index in [0.29, 0.717) is 4.90 Å². The number of hydrogen-bond donors (Lipinski definition) is 2. The van der Waals surface area contributed by atoms with Gasteiger partial charge >= 0.3 is 0 Å². The van der Waals surface area contributed by atoms with Crippen LogP contribution in [0.15, 0.2) is 29.2 Å². The van der Waals surface area contributed by atoms with Gasteiger partial charge in [0.15, 0.2) is 0 Å². The van der Waals surface area contributed by atoms with Gasteiger partial charge in [-0.2, -0.15) is 0 Å². The normalized spacial score (nSPS) is 16.5. The SMILES string of the molecule is CCNc1ccc(S(=O)(=O)NC2CCC2)cc1. The number of hydrogen-bond acceptors (Lipinski definition) is 3. The topological polar surface area (TPSA) is 58.2 Å². The standard InChI is InChI=1S/C12H18N2O2S/c1-2-13-10-6-8-12(9-7-10)17(15,16)14-11-4-3-5-11/h6-9,11,13-14H,2-5H2,1H3. The molecule has 4 nitrogen and oxygen atoms in total. The summed E-state index contributed by atoms with van der Waals surface area (Å²) in [5, 5.41) is 3.13. The van der Waals surface area contributed by atoms with Gasteiger partial charge in [-0.05, 0) is 44.0 Å². The summed E-state index contributed by atoms with van der Waals surface area (Å²) in [6.45, 7) is 2.83. The van der Waals surface area contributed by atoms with E-state index in [-0.39, 0.29) is 6.04 Å². The predicted octanol–water partition coefficient (Wildman–Crippen LogP) is 1.95. The van der Waals surface area contributed by atoms with E-state index in [4.69, 9.17) is 0 Å². The predicted molar refractivity (Wildman–Crippen MR) is 68.6 cm³/mol. The lowest BCUT2D eigenvalue weighted by atomic mass is 9.94. The molecule has 5 heteroatoms. The molecule has 94 valence electrons. The van der Waals surface area contributed by atoms with Crippen LogP contribution in [0.1, 0.15) is 26.2 Å². The Balaban J connectivity index is 2.09. The van der Waals surface area contributed by atoms with Gasteiger partial charge in [-0.25, -0.2) is 13.1 Å². The Morgan fingerprint density at radius 1 is 1.24 bits per heavy atom. The molecule has 2 N–H and O–H groups in total. The molecule has 0 bridgehead atoms. The highest BCUT2D eigenvalue weighted by Crippen LogP contribution is 2.21. The Bertz CT molecular complexity index is 464. The molecule has 0 radical (unpaired) electrons. The third-order valence-corrected chi connectivity index (χ3v) is 4.51. The Morgan fingerprint density at radius 2 is 1.88 bits per heavy atom. The molecule has 0 aromatic heterocycles. The maximum Gasteiger partial charge on any atom is 0.240 e. The van der Waals surface area contributed by atoms with Gasteiger partial charge in [0, 0.05) is 18.3 Å². The number of nitrogens with one attached hydrogen (secondary N) is 2. The van der Waals surface area contributed by atoms with E-state index in [1.54, 1.807) is 24.3 Å². The van der Waals surface area contributed by atoms with Crippen LogP contribution in [0.4, 0.5) is 5.69 Å². The summed E-state index contributed by atoms with van der Waals surface area (Å²) in [6.07, 6.45) is 3.02. The first kappa shape index (κ1) is 12.4. The molecule has 0 unspecified atom stereocenters. The van der Waals surface area contributed by atoms with Gasteiger partial charge in [-0.3, -0.25) is 0 Å². The third kappa shape index (κ3) is 2.98. The zero-order chi connectivity index (χ0) is 12.3. The van der Waals surface area contributed by atoms with Gasteiger partial charge in [-0.1, -0.05) is 6.42 Å². The molecule has 0 spiro atoms. The van der Waals surface area contributed by atoms with Crippen molar-refractivity contribution < 1.29 is 8.42 Å². The summed E-state index contributed by atoms with van der Waals surface area (Å²) < 4.78 is 26.7. The second kappa shape index (κ2) is 5.06. The highest BCUT2D eigenvalue weighted by atomic mass is 32.2. The highest BCUT2D eigenvalue weighted by Gasteiger charge is 2.24. The number of anilines is 1. The highest BCUT2D eigenvalue weighted by molar-refractivity contribution is 7.89. The molecule has 0 aliphatic heterocycles. The van der Waals surface area contributed by atoms with Gasteiger partial charge in [0.1, 0.15) is 0 Å². The lowest BCUT2D eigenvalue weighted by Gasteiger charge is -2.26. The summed E-state index contributed by atoms with van der Waals surface area (Å²) in [6, 6.07) is 6.99. The smallest absolute Gasteiger partial charge is 0.240 e. The van der Waals surface area contributed by atoms with Crippen LogP contribution >= 0.6 is 0 Å². The summed E-state index contributed by atoms with van der Waals surface area (Å²) in [7, 11) is -3.33. The molecular weight excluding hydrogens is 236 g/mol. The zero-order valence-corrected chi connectivity index (χ0v) is 10.8. The van der Waals surface area contributed by atoms with Crippen molar-refractivity contribution in [2.24, 2.45) is 0 Å². The zero-order valence-electron chi connectivity index (χ0n) is 9.94. The second-order valence-corrected chi connectivity index (χ2v) is 6.02. The van der Waals surface area contributed by atoms with Crippen molar-refractivity contribution in [3.8, 4) is 0 Å². The van der Waals surface area contributed by atoms with Gasteiger partial charge in [0.25, 0.3) is 0 Å². The van der Waals surface area contributed by atoms with E-state index >= 15 is 0 Å². The summed E-state index contributed by atoms with van der Waals surface area (Å²) in [5.41, 5.74) is 0.940. The molecule has 1 saturated carbocycles. The molecule has 0 amide bonds. The van der Waals surface area contributed by atoms with E-state index in [1.165, 1.54) is 0 Å². The van der Waals surface area contributed by atoms with E-state index in [1.807, 2.05) is 6.92 Å². The number of sulfonamides is 1. The van der Waals surface area contributed by atoms with Crippen LogP contribution in [0, 0.1) is 0 Å². The molecular formula is C12H18N2O2S. The molecule has 1 aromatic rings. The van der Waals surface area contributed by atoms with Gasteiger partial charge in [-0.15, -0.1) is 0 Å². The average Bonchev–Trinajstić information content (AvgIpc) is 2.25. The summed E-state index contributed by atoms with van der Waals surface area (Å²) in [5.74, 6) is 0. The van der Waals surface area contributed by atoms with Crippen LogP contribution in [0.2, 0.25) is 0 Å². The fourth-order valence-corrected chi connectivity index (χ4v) is 3.07. The van der Waals surface area contributed by atoms with Gasteiger partial charge in [0.05, 0.1) is 4.90 Å². The van der Waals surface area contributed by atoms with Crippen LogP contribution in [0.3, 0.4) is 0 Å². The van der Waals surface area contributed by atoms with Crippen LogP contribution in [-0.4, -0.2) is 21.0 Å². The van der Waals surface area contributed by atoms with Crippen LogP contribution in [0.25, 0.3) is 0 Å². The minimum atomic E-state index is -3.33.